The van der Waals surface area contributed by atoms with Crippen LogP contribution in [0.15, 0.2) is 24.3 Å². The highest BCUT2D eigenvalue weighted by Gasteiger charge is 2.36. The van der Waals surface area contributed by atoms with Crippen molar-refractivity contribution in [3.63, 3.8) is 0 Å². The number of Topliss-reactive ketones (excluding diaryl/α,β-unsaturated/α-hetero) is 1. The molecule has 1 N–H and O–H groups in total. The summed E-state index contributed by atoms with van der Waals surface area (Å²) in [5.41, 5.74) is 1.72. The number of carbonyl (C=O) groups is 3. The van der Waals surface area contributed by atoms with Crippen molar-refractivity contribution in [3.8, 4) is 0 Å². The molecule has 0 unspecified atom stereocenters. The molecule has 4 rings (SSSR count). The summed E-state index contributed by atoms with van der Waals surface area (Å²) in [4.78, 5) is 40.5. The van der Waals surface area contributed by atoms with Gasteiger partial charge in [0.15, 0.2) is 5.78 Å². The maximum absolute atomic E-state index is 13.2. The van der Waals surface area contributed by atoms with Crippen LogP contribution in [-0.2, 0) is 9.59 Å². The van der Waals surface area contributed by atoms with Gasteiger partial charge in [-0.25, -0.2) is 0 Å². The van der Waals surface area contributed by atoms with E-state index in [1.54, 1.807) is 0 Å². The van der Waals surface area contributed by atoms with Crippen molar-refractivity contribution in [1.82, 2.24) is 10.2 Å². The summed E-state index contributed by atoms with van der Waals surface area (Å²) < 4.78 is 0. The first-order valence-corrected chi connectivity index (χ1v) is 13.0. The van der Waals surface area contributed by atoms with Crippen LogP contribution in [0, 0.1) is 11.8 Å². The van der Waals surface area contributed by atoms with Gasteiger partial charge in [-0.2, -0.15) is 12.6 Å². The van der Waals surface area contributed by atoms with Gasteiger partial charge in [-0.1, -0.05) is 31.4 Å². The van der Waals surface area contributed by atoms with E-state index in [1.807, 2.05) is 23.1 Å². The number of carbonyl (C=O) groups excluding carboxylic acids is 3. The van der Waals surface area contributed by atoms with Gasteiger partial charge in [0.05, 0.1) is 6.04 Å². The lowest BCUT2D eigenvalue weighted by molar-refractivity contribution is -0.133. The molecule has 0 bridgehead atoms. The number of hydrogen-bond acceptors (Lipinski definition) is 4. The van der Waals surface area contributed by atoms with Crippen molar-refractivity contribution in [2.24, 2.45) is 11.8 Å². The van der Waals surface area contributed by atoms with Gasteiger partial charge in [0, 0.05) is 36.9 Å². The van der Waals surface area contributed by atoms with Crippen LogP contribution in [0.1, 0.15) is 86.0 Å². The van der Waals surface area contributed by atoms with Crippen LogP contribution in [0.4, 0.5) is 0 Å². The van der Waals surface area contributed by atoms with Crippen LogP contribution in [0.3, 0.4) is 0 Å². The van der Waals surface area contributed by atoms with Crippen LogP contribution >= 0.6 is 12.6 Å². The number of hydrogen-bond donors (Lipinski definition) is 2. The molecule has 3 aliphatic rings. The number of nitrogens with zero attached hydrogens (tertiary/aromatic N) is 1. The molecule has 1 saturated heterocycles. The summed E-state index contributed by atoms with van der Waals surface area (Å²) >= 11 is 4.23. The van der Waals surface area contributed by atoms with E-state index in [0.717, 1.165) is 70.0 Å². The first-order chi connectivity index (χ1) is 15.6. The van der Waals surface area contributed by atoms with E-state index in [1.165, 1.54) is 6.42 Å². The zero-order chi connectivity index (χ0) is 22.5. The van der Waals surface area contributed by atoms with E-state index in [-0.39, 0.29) is 29.4 Å². The molecule has 1 aromatic rings. The molecule has 0 radical (unpaired) electrons. The number of rotatable bonds is 8. The SMILES string of the molecule is O=C(N[C@@H](C(=O)CCS)C1CCCCC1)c1cccc([C@H]2CCCN(C(=O)C3CC3)C2)c1. The Bertz CT molecular complexity index is 832. The summed E-state index contributed by atoms with van der Waals surface area (Å²) in [5, 5.41) is 3.08. The Labute approximate surface area is 197 Å². The fourth-order valence-electron chi connectivity index (χ4n) is 5.39. The van der Waals surface area contributed by atoms with Gasteiger partial charge in [0.2, 0.25) is 5.91 Å². The highest BCUT2D eigenvalue weighted by atomic mass is 32.1. The Morgan fingerprint density at radius 2 is 1.81 bits per heavy atom. The Balaban J connectivity index is 1.44. The Hall–Kier alpha value is -1.82. The summed E-state index contributed by atoms with van der Waals surface area (Å²) in [7, 11) is 0. The molecule has 2 atom stereocenters. The van der Waals surface area contributed by atoms with Crippen molar-refractivity contribution >= 4 is 30.2 Å². The van der Waals surface area contributed by atoms with E-state index >= 15 is 0 Å². The van der Waals surface area contributed by atoms with E-state index in [9.17, 15) is 14.4 Å². The fraction of sp³-hybridized carbons (Fsp3) is 0.654. The number of nitrogens with one attached hydrogen (secondary N) is 1. The molecule has 1 aromatic carbocycles. The fourth-order valence-corrected chi connectivity index (χ4v) is 5.61. The van der Waals surface area contributed by atoms with Crippen LogP contribution < -0.4 is 5.32 Å². The number of likely N-dealkylation sites (tertiary alicyclic amines) is 1. The summed E-state index contributed by atoms with van der Waals surface area (Å²) in [6, 6.07) is 7.37. The van der Waals surface area contributed by atoms with E-state index in [4.69, 9.17) is 0 Å². The van der Waals surface area contributed by atoms with Gasteiger partial charge in [0.25, 0.3) is 5.91 Å². The summed E-state index contributed by atoms with van der Waals surface area (Å²) in [5.74, 6) is 1.47. The molecular weight excluding hydrogens is 420 g/mol. The molecule has 0 spiro atoms. The largest absolute Gasteiger partial charge is 0.342 e. The second-order valence-electron chi connectivity index (χ2n) is 9.81. The van der Waals surface area contributed by atoms with E-state index < -0.39 is 6.04 Å². The standard InChI is InChI=1S/C26H36N2O3S/c29-23(13-15-32)24(18-6-2-1-3-7-18)27-25(30)21-9-4-8-20(16-21)22-10-5-14-28(17-22)26(31)19-11-12-19/h4,8-9,16,18-19,22,24,32H,1-3,5-7,10-15,17H2,(H,27,30)/t22-,24+/m0/s1. The second kappa shape index (κ2) is 10.9. The summed E-state index contributed by atoms with van der Waals surface area (Å²) in [6.45, 7) is 1.59. The number of amides is 2. The van der Waals surface area contributed by atoms with E-state index in [0.29, 0.717) is 23.6 Å². The van der Waals surface area contributed by atoms with Crippen LogP contribution in [-0.4, -0.2) is 47.4 Å². The number of ketones is 1. The first-order valence-electron chi connectivity index (χ1n) is 12.4. The lowest BCUT2D eigenvalue weighted by atomic mass is 9.81. The minimum absolute atomic E-state index is 0.0953. The Morgan fingerprint density at radius 3 is 2.53 bits per heavy atom. The Kier molecular flexibility index (Phi) is 7.93. The number of piperidine rings is 1. The molecule has 6 heteroatoms. The molecule has 3 fully saturated rings. The maximum Gasteiger partial charge on any atom is 0.251 e. The van der Waals surface area contributed by atoms with Crippen LogP contribution in [0.25, 0.3) is 0 Å². The third-order valence-corrected chi connectivity index (χ3v) is 7.62. The van der Waals surface area contributed by atoms with Crippen molar-refractivity contribution in [2.45, 2.75) is 76.2 Å². The smallest absolute Gasteiger partial charge is 0.251 e. The molecule has 2 saturated carbocycles. The summed E-state index contributed by atoms with van der Waals surface area (Å²) in [6.07, 6.45) is 9.93. The predicted molar refractivity (Wildman–Crippen MR) is 129 cm³/mol. The van der Waals surface area contributed by atoms with Crippen LogP contribution in [0.2, 0.25) is 0 Å². The Morgan fingerprint density at radius 1 is 1.03 bits per heavy atom. The minimum atomic E-state index is -0.417. The lowest BCUT2D eigenvalue weighted by Crippen LogP contribution is -2.46. The topological polar surface area (TPSA) is 66.5 Å². The minimum Gasteiger partial charge on any atom is -0.342 e. The molecule has 1 heterocycles. The van der Waals surface area contributed by atoms with Gasteiger partial charge in [-0.15, -0.1) is 0 Å². The van der Waals surface area contributed by atoms with E-state index in [2.05, 4.69) is 24.0 Å². The highest BCUT2D eigenvalue weighted by molar-refractivity contribution is 7.80. The average molecular weight is 457 g/mol. The molecular formula is C26H36N2O3S. The maximum atomic E-state index is 13.2. The zero-order valence-corrected chi connectivity index (χ0v) is 19.8. The number of benzene rings is 1. The molecule has 0 aromatic heterocycles. The third-order valence-electron chi connectivity index (χ3n) is 7.39. The predicted octanol–water partition coefficient (Wildman–Crippen LogP) is 4.37. The molecule has 32 heavy (non-hydrogen) atoms. The molecule has 1 aliphatic heterocycles. The molecule has 174 valence electrons. The van der Waals surface area contributed by atoms with Gasteiger partial charge < -0.3 is 10.2 Å². The van der Waals surface area contributed by atoms with Crippen molar-refractivity contribution in [2.75, 3.05) is 18.8 Å². The third kappa shape index (κ3) is 5.75. The lowest BCUT2D eigenvalue weighted by Gasteiger charge is -2.33. The normalized spacial score (nSPS) is 22.9. The quantitative estimate of drug-likeness (QED) is 0.571. The van der Waals surface area contributed by atoms with Crippen molar-refractivity contribution in [3.05, 3.63) is 35.4 Å². The van der Waals surface area contributed by atoms with Crippen LogP contribution in [0.5, 0.6) is 0 Å². The van der Waals surface area contributed by atoms with Gasteiger partial charge >= 0.3 is 0 Å². The van der Waals surface area contributed by atoms with Gasteiger partial charge in [-0.05, 0) is 67.9 Å². The molecule has 5 nitrogen and oxygen atoms in total. The molecule has 2 aliphatic carbocycles. The second-order valence-corrected chi connectivity index (χ2v) is 10.3. The zero-order valence-electron chi connectivity index (χ0n) is 18.9. The van der Waals surface area contributed by atoms with Gasteiger partial charge in [0.1, 0.15) is 0 Å². The molecule has 2 amide bonds. The van der Waals surface area contributed by atoms with Crippen molar-refractivity contribution in [1.29, 1.82) is 0 Å². The number of thiol groups is 1. The van der Waals surface area contributed by atoms with Crippen molar-refractivity contribution < 1.29 is 14.4 Å². The van der Waals surface area contributed by atoms with Gasteiger partial charge in [-0.3, -0.25) is 14.4 Å². The monoisotopic (exact) mass is 456 g/mol. The average Bonchev–Trinajstić information content (AvgIpc) is 3.68. The first kappa shape index (κ1) is 23.3. The highest BCUT2D eigenvalue weighted by Crippen LogP contribution is 2.34.